The molecule has 1 unspecified atom stereocenters. The summed E-state index contributed by atoms with van der Waals surface area (Å²) in [6.07, 6.45) is 3.77. The number of anilines is 2. The zero-order valence-electron chi connectivity index (χ0n) is 17.8. The van der Waals surface area contributed by atoms with Gasteiger partial charge in [-0.15, -0.1) is 0 Å². The van der Waals surface area contributed by atoms with Crippen LogP contribution in [0.15, 0.2) is 36.4 Å². The molecule has 1 aromatic heterocycles. The number of fused-ring (bicyclic) bond motifs is 1. The molecule has 4 rings (SSSR count). The van der Waals surface area contributed by atoms with Crippen molar-refractivity contribution >= 4 is 34.5 Å². The number of H-pyrrole nitrogens is 1. The van der Waals surface area contributed by atoms with E-state index in [4.69, 9.17) is 16.1 Å². The standard InChI is InChI=1S/C23H29N7O/c1-26-19-4-2-16(10-17(19)12-25)23(31)27-18-3-5-20-21(11-18)29-22(28-20)14-30-9-7-15(13-30)6-8-24/h2-5,10-12,15,25-26H,6-9,13-14,24H2,1H3,(H,27,31)(H,28,29)/p+1. The van der Waals surface area contributed by atoms with Crippen LogP contribution in [-0.2, 0) is 6.54 Å². The van der Waals surface area contributed by atoms with E-state index in [-0.39, 0.29) is 5.91 Å². The lowest BCUT2D eigenvalue weighted by Gasteiger charge is -2.13. The molecule has 2 aromatic carbocycles. The summed E-state index contributed by atoms with van der Waals surface area (Å²) >= 11 is 0. The molecule has 0 bridgehead atoms. The number of likely N-dealkylation sites (tertiary alicyclic amines) is 1. The van der Waals surface area contributed by atoms with Crippen LogP contribution < -0.4 is 21.8 Å². The van der Waals surface area contributed by atoms with Crippen molar-refractivity contribution in [3.8, 4) is 0 Å². The SMILES string of the molecule is CNc1ccc(C(=O)Nc2ccc3nc(CN4CCC(CCN)C4)[nH]c3c2)cc1C=[NH2+]. The maximum absolute atomic E-state index is 12.7. The minimum absolute atomic E-state index is 0.187. The summed E-state index contributed by atoms with van der Waals surface area (Å²) in [4.78, 5) is 23.2. The van der Waals surface area contributed by atoms with Crippen molar-refractivity contribution in [2.75, 3.05) is 37.3 Å². The molecule has 1 saturated heterocycles. The number of hydrogen-bond acceptors (Lipinski definition) is 5. The van der Waals surface area contributed by atoms with Crippen LogP contribution in [0.3, 0.4) is 0 Å². The molecule has 3 aromatic rings. The smallest absolute Gasteiger partial charge is 0.255 e. The lowest BCUT2D eigenvalue weighted by molar-refractivity contribution is -0.104. The average molecular weight is 421 g/mol. The number of nitrogens with two attached hydrogens (primary N) is 2. The van der Waals surface area contributed by atoms with Crippen LogP contribution in [0.5, 0.6) is 0 Å². The van der Waals surface area contributed by atoms with Gasteiger partial charge in [0.25, 0.3) is 5.91 Å². The van der Waals surface area contributed by atoms with Crippen molar-refractivity contribution in [3.63, 3.8) is 0 Å². The van der Waals surface area contributed by atoms with Gasteiger partial charge in [0.1, 0.15) is 5.82 Å². The second kappa shape index (κ2) is 9.28. The van der Waals surface area contributed by atoms with Crippen LogP contribution >= 0.6 is 0 Å². The van der Waals surface area contributed by atoms with E-state index in [0.29, 0.717) is 17.2 Å². The fraction of sp³-hybridized carbons (Fsp3) is 0.348. The van der Waals surface area contributed by atoms with Crippen molar-refractivity contribution in [1.29, 1.82) is 0 Å². The molecule has 8 nitrogen and oxygen atoms in total. The molecule has 31 heavy (non-hydrogen) atoms. The maximum Gasteiger partial charge on any atom is 0.255 e. The first-order valence-corrected chi connectivity index (χ1v) is 10.7. The van der Waals surface area contributed by atoms with Crippen LogP contribution in [0.4, 0.5) is 11.4 Å². The summed E-state index contributed by atoms with van der Waals surface area (Å²) in [5.41, 5.74) is 10.4. The first kappa shape index (κ1) is 21.0. The van der Waals surface area contributed by atoms with Crippen molar-refractivity contribution in [1.82, 2.24) is 14.9 Å². The quantitative estimate of drug-likeness (QED) is 0.350. The van der Waals surface area contributed by atoms with Crippen molar-refractivity contribution in [2.45, 2.75) is 19.4 Å². The number of aromatic amines is 1. The highest BCUT2D eigenvalue weighted by atomic mass is 16.1. The van der Waals surface area contributed by atoms with Gasteiger partial charge in [-0.1, -0.05) is 0 Å². The Hall–Kier alpha value is -3.23. The highest BCUT2D eigenvalue weighted by Gasteiger charge is 2.22. The van der Waals surface area contributed by atoms with Gasteiger partial charge in [-0.3, -0.25) is 15.1 Å². The van der Waals surface area contributed by atoms with Crippen LogP contribution in [0.2, 0.25) is 0 Å². The number of rotatable bonds is 8. The van der Waals surface area contributed by atoms with Gasteiger partial charge >= 0.3 is 0 Å². The number of amides is 1. The summed E-state index contributed by atoms with van der Waals surface area (Å²) in [6.45, 7) is 3.71. The van der Waals surface area contributed by atoms with Gasteiger partial charge in [-0.2, -0.15) is 0 Å². The number of imidazole rings is 1. The van der Waals surface area contributed by atoms with Crippen molar-refractivity contribution in [2.24, 2.45) is 11.7 Å². The lowest BCUT2D eigenvalue weighted by Crippen LogP contribution is -2.30. The molecule has 0 spiro atoms. The summed E-state index contributed by atoms with van der Waals surface area (Å²) in [7, 11) is 1.82. The fourth-order valence-corrected chi connectivity index (χ4v) is 4.23. The molecule has 0 saturated carbocycles. The minimum Gasteiger partial charge on any atom is -0.387 e. The van der Waals surface area contributed by atoms with Gasteiger partial charge in [0.2, 0.25) is 0 Å². The molecule has 162 valence electrons. The normalized spacial score (nSPS) is 16.5. The molecule has 1 atom stereocenters. The molecule has 0 aliphatic carbocycles. The maximum atomic E-state index is 12.7. The van der Waals surface area contributed by atoms with Gasteiger partial charge in [0.05, 0.1) is 23.1 Å². The largest absolute Gasteiger partial charge is 0.387 e. The molecule has 0 radical (unpaired) electrons. The number of carbonyl (C=O) groups excluding carboxylic acids is 1. The van der Waals surface area contributed by atoms with Crippen molar-refractivity contribution < 1.29 is 10.2 Å². The second-order valence-electron chi connectivity index (χ2n) is 8.06. The zero-order chi connectivity index (χ0) is 21.8. The predicted octanol–water partition coefficient (Wildman–Crippen LogP) is 1.21. The van der Waals surface area contributed by atoms with E-state index in [0.717, 1.165) is 60.7 Å². The Bertz CT molecular complexity index is 1090. The minimum atomic E-state index is -0.187. The topological polar surface area (TPSA) is 125 Å². The fourth-order valence-electron chi connectivity index (χ4n) is 4.23. The van der Waals surface area contributed by atoms with Gasteiger partial charge in [0.15, 0.2) is 6.21 Å². The molecule has 1 fully saturated rings. The lowest BCUT2D eigenvalue weighted by atomic mass is 10.1. The number of nitrogens with one attached hydrogen (secondary N) is 3. The van der Waals surface area contributed by atoms with E-state index in [9.17, 15) is 4.79 Å². The highest BCUT2D eigenvalue weighted by Crippen LogP contribution is 2.23. The molecule has 2 heterocycles. The van der Waals surface area contributed by atoms with Gasteiger partial charge in [-0.25, -0.2) is 4.98 Å². The third-order valence-corrected chi connectivity index (χ3v) is 5.87. The van der Waals surface area contributed by atoms with Crippen LogP contribution in [0.1, 0.15) is 34.6 Å². The van der Waals surface area contributed by atoms with E-state index < -0.39 is 0 Å². The number of nitrogens with zero attached hydrogens (tertiary/aromatic N) is 2. The number of benzene rings is 2. The van der Waals surface area contributed by atoms with Gasteiger partial charge in [0, 0.05) is 30.5 Å². The van der Waals surface area contributed by atoms with E-state index in [1.165, 1.54) is 12.6 Å². The van der Waals surface area contributed by atoms with Crippen molar-refractivity contribution in [3.05, 3.63) is 53.3 Å². The molecule has 7 N–H and O–H groups in total. The summed E-state index contributed by atoms with van der Waals surface area (Å²) in [6, 6.07) is 11.1. The summed E-state index contributed by atoms with van der Waals surface area (Å²) in [5, 5.41) is 11.7. The Balaban J connectivity index is 1.44. The number of hydrogen-bond donors (Lipinski definition) is 5. The molecule has 1 amide bonds. The second-order valence-corrected chi connectivity index (χ2v) is 8.06. The van der Waals surface area contributed by atoms with Crippen LogP contribution in [0, 0.1) is 5.92 Å². The van der Waals surface area contributed by atoms with Gasteiger partial charge in [-0.05, 0) is 68.2 Å². The first-order valence-electron chi connectivity index (χ1n) is 10.7. The summed E-state index contributed by atoms with van der Waals surface area (Å²) in [5.74, 6) is 1.45. The van der Waals surface area contributed by atoms with E-state index in [1.807, 2.05) is 31.3 Å². The third-order valence-electron chi connectivity index (χ3n) is 5.87. The Morgan fingerprint density at radius 2 is 2.23 bits per heavy atom. The Kier molecular flexibility index (Phi) is 6.29. The summed E-state index contributed by atoms with van der Waals surface area (Å²) < 4.78 is 0. The predicted molar refractivity (Wildman–Crippen MR) is 124 cm³/mol. The van der Waals surface area contributed by atoms with Crippen LogP contribution in [-0.4, -0.2) is 53.7 Å². The monoisotopic (exact) mass is 420 g/mol. The molecular formula is C23H30N7O+. The van der Waals surface area contributed by atoms with Crippen LogP contribution in [0.25, 0.3) is 11.0 Å². The number of aromatic nitrogens is 2. The average Bonchev–Trinajstić information content (AvgIpc) is 3.39. The third kappa shape index (κ3) is 4.76. The number of carbonyl (C=O) groups is 1. The molecular weight excluding hydrogens is 390 g/mol. The van der Waals surface area contributed by atoms with Gasteiger partial charge < -0.3 is 21.4 Å². The molecule has 8 heteroatoms. The van der Waals surface area contributed by atoms with E-state index in [2.05, 4.69) is 20.5 Å². The molecule has 1 aliphatic heterocycles. The Labute approximate surface area is 181 Å². The first-order chi connectivity index (χ1) is 15.1. The molecule has 1 aliphatic rings. The Morgan fingerprint density at radius 3 is 3.00 bits per heavy atom. The highest BCUT2D eigenvalue weighted by molar-refractivity contribution is 6.06. The van der Waals surface area contributed by atoms with E-state index in [1.54, 1.807) is 12.1 Å². The van der Waals surface area contributed by atoms with E-state index >= 15 is 0 Å². The Morgan fingerprint density at radius 1 is 1.35 bits per heavy atom. The zero-order valence-corrected chi connectivity index (χ0v) is 17.8.